The molecule has 0 aliphatic rings. The first kappa shape index (κ1) is 13.9. The Bertz CT molecular complexity index is 785. The molecule has 0 unspecified atom stereocenters. The number of hydrogen-bond acceptors (Lipinski definition) is 4. The van der Waals surface area contributed by atoms with E-state index in [2.05, 4.69) is 15.5 Å². The molecule has 1 heterocycles. The monoisotopic (exact) mass is 319 g/mol. The Labute approximate surface area is 131 Å². The molecule has 7 heteroatoms. The van der Waals surface area contributed by atoms with Crippen LogP contribution in [0.2, 0.25) is 10.0 Å². The number of halogens is 2. The van der Waals surface area contributed by atoms with Crippen LogP contribution in [0.25, 0.3) is 11.4 Å². The molecule has 2 aromatic carbocycles. The van der Waals surface area contributed by atoms with E-state index in [9.17, 15) is 0 Å². The molecular weight excluding hydrogens is 309 g/mol. The van der Waals surface area contributed by atoms with E-state index >= 15 is 0 Å². The fourth-order valence-electron chi connectivity index (χ4n) is 2.02. The number of benzene rings is 2. The molecule has 0 fully saturated rings. The van der Waals surface area contributed by atoms with Gasteiger partial charge in [0.15, 0.2) is 5.82 Å². The second-order valence-corrected chi connectivity index (χ2v) is 5.25. The van der Waals surface area contributed by atoms with Crippen molar-refractivity contribution in [2.24, 2.45) is 0 Å². The van der Waals surface area contributed by atoms with Crippen molar-refractivity contribution in [2.75, 3.05) is 5.73 Å². The number of rotatable bonds is 3. The lowest BCUT2D eigenvalue weighted by molar-refractivity contribution is 0.654. The van der Waals surface area contributed by atoms with Crippen LogP contribution in [0.5, 0.6) is 0 Å². The van der Waals surface area contributed by atoms with Gasteiger partial charge in [-0.05, 0) is 34.2 Å². The van der Waals surface area contributed by atoms with E-state index in [0.29, 0.717) is 33.7 Å². The van der Waals surface area contributed by atoms with Gasteiger partial charge in [0.25, 0.3) is 0 Å². The number of hydrogen-bond donors (Lipinski definition) is 1. The molecule has 0 aliphatic carbocycles. The van der Waals surface area contributed by atoms with Gasteiger partial charge in [-0.3, -0.25) is 0 Å². The summed E-state index contributed by atoms with van der Waals surface area (Å²) in [4.78, 5) is 0. The minimum atomic E-state index is 0.427. The fraction of sp³-hybridized carbons (Fsp3) is 0.0714. The second-order valence-electron chi connectivity index (χ2n) is 4.46. The molecule has 0 saturated heterocycles. The number of nitrogens with zero attached hydrogens (tertiary/aromatic N) is 4. The average Bonchev–Trinajstić information content (AvgIpc) is 2.92. The summed E-state index contributed by atoms with van der Waals surface area (Å²) >= 11 is 12.3. The summed E-state index contributed by atoms with van der Waals surface area (Å²) in [6.45, 7) is 0.456. The molecule has 5 nitrogen and oxygen atoms in total. The third-order valence-electron chi connectivity index (χ3n) is 3.10. The molecule has 2 N–H and O–H groups in total. The number of tetrazole rings is 1. The largest absolute Gasteiger partial charge is 0.398 e. The van der Waals surface area contributed by atoms with Gasteiger partial charge in [-0.1, -0.05) is 47.5 Å². The second kappa shape index (κ2) is 5.71. The summed E-state index contributed by atoms with van der Waals surface area (Å²) in [6.07, 6.45) is 0. The minimum Gasteiger partial charge on any atom is -0.398 e. The van der Waals surface area contributed by atoms with Gasteiger partial charge in [0.1, 0.15) is 0 Å². The maximum absolute atomic E-state index is 6.23. The Hall–Kier alpha value is -2.11. The summed E-state index contributed by atoms with van der Waals surface area (Å²) in [5.74, 6) is 0.547. The summed E-state index contributed by atoms with van der Waals surface area (Å²) in [6, 6.07) is 12.9. The molecule has 0 saturated carbocycles. The van der Waals surface area contributed by atoms with Crippen LogP contribution in [-0.4, -0.2) is 20.2 Å². The smallest absolute Gasteiger partial charge is 0.183 e. The van der Waals surface area contributed by atoms with Crippen molar-refractivity contribution in [3.05, 3.63) is 58.1 Å². The maximum Gasteiger partial charge on any atom is 0.183 e. The van der Waals surface area contributed by atoms with Crippen molar-refractivity contribution in [2.45, 2.75) is 6.54 Å². The van der Waals surface area contributed by atoms with Gasteiger partial charge in [-0.15, -0.1) is 5.10 Å². The Morgan fingerprint density at radius 2 is 1.86 bits per heavy atom. The molecule has 0 bridgehead atoms. The topological polar surface area (TPSA) is 69.6 Å². The molecular formula is C14H11Cl2N5. The van der Waals surface area contributed by atoms with Gasteiger partial charge in [0.05, 0.1) is 16.6 Å². The van der Waals surface area contributed by atoms with E-state index in [1.165, 1.54) is 0 Å². The summed E-state index contributed by atoms with van der Waals surface area (Å²) in [5, 5.41) is 12.6. The van der Waals surface area contributed by atoms with Crippen LogP contribution in [0, 0.1) is 0 Å². The van der Waals surface area contributed by atoms with Crippen molar-refractivity contribution < 1.29 is 0 Å². The van der Waals surface area contributed by atoms with E-state index in [1.54, 1.807) is 16.8 Å². The highest BCUT2D eigenvalue weighted by molar-refractivity contribution is 6.43. The van der Waals surface area contributed by atoms with Crippen molar-refractivity contribution in [3.63, 3.8) is 0 Å². The van der Waals surface area contributed by atoms with Crippen LogP contribution >= 0.6 is 23.2 Å². The average molecular weight is 320 g/mol. The summed E-state index contributed by atoms with van der Waals surface area (Å²) in [7, 11) is 0. The number of nitrogens with two attached hydrogens (primary N) is 1. The third-order valence-corrected chi connectivity index (χ3v) is 3.92. The molecule has 1 aromatic heterocycles. The highest BCUT2D eigenvalue weighted by atomic mass is 35.5. The van der Waals surface area contributed by atoms with E-state index in [-0.39, 0.29) is 0 Å². The standard InChI is InChI=1S/C14H11Cl2N5/c15-11-6-3-5-10(13(11)16)14-18-19-20-21(14)8-9-4-1-2-7-12(9)17/h1-7H,8,17H2. The number of anilines is 1. The Kier molecular flexibility index (Phi) is 3.77. The zero-order valence-electron chi connectivity index (χ0n) is 10.9. The first-order valence-corrected chi connectivity index (χ1v) is 6.96. The molecule has 0 radical (unpaired) electrons. The Morgan fingerprint density at radius 3 is 2.67 bits per heavy atom. The van der Waals surface area contributed by atoms with Crippen LogP contribution in [0.4, 0.5) is 5.69 Å². The highest BCUT2D eigenvalue weighted by Crippen LogP contribution is 2.32. The van der Waals surface area contributed by atoms with Gasteiger partial charge in [-0.2, -0.15) is 0 Å². The van der Waals surface area contributed by atoms with Crippen molar-refractivity contribution in [1.29, 1.82) is 0 Å². The SMILES string of the molecule is Nc1ccccc1Cn1nnnc1-c1cccc(Cl)c1Cl. The first-order chi connectivity index (χ1) is 10.2. The van der Waals surface area contributed by atoms with E-state index < -0.39 is 0 Å². The molecule has 21 heavy (non-hydrogen) atoms. The number of para-hydroxylation sites is 1. The predicted molar refractivity (Wildman–Crippen MR) is 83.2 cm³/mol. The zero-order chi connectivity index (χ0) is 14.8. The van der Waals surface area contributed by atoms with Crippen LogP contribution in [0.1, 0.15) is 5.56 Å². The van der Waals surface area contributed by atoms with E-state index in [1.807, 2.05) is 30.3 Å². The third kappa shape index (κ3) is 2.70. The van der Waals surface area contributed by atoms with Crippen molar-refractivity contribution in [3.8, 4) is 11.4 Å². The molecule has 3 rings (SSSR count). The number of nitrogen functional groups attached to an aromatic ring is 1. The fourth-order valence-corrected chi connectivity index (χ4v) is 2.41. The Balaban J connectivity index is 2.02. The van der Waals surface area contributed by atoms with Crippen LogP contribution in [0.3, 0.4) is 0 Å². The summed E-state index contributed by atoms with van der Waals surface area (Å²) < 4.78 is 1.64. The molecule has 0 aliphatic heterocycles. The normalized spacial score (nSPS) is 10.8. The van der Waals surface area contributed by atoms with Gasteiger partial charge < -0.3 is 5.73 Å². The van der Waals surface area contributed by atoms with E-state index in [4.69, 9.17) is 28.9 Å². The Morgan fingerprint density at radius 1 is 1.05 bits per heavy atom. The van der Waals surface area contributed by atoms with Gasteiger partial charge in [0.2, 0.25) is 0 Å². The lowest BCUT2D eigenvalue weighted by Crippen LogP contribution is -2.06. The highest BCUT2D eigenvalue weighted by Gasteiger charge is 2.15. The van der Waals surface area contributed by atoms with E-state index in [0.717, 1.165) is 5.56 Å². The molecule has 0 amide bonds. The van der Waals surface area contributed by atoms with Gasteiger partial charge in [-0.25, -0.2) is 4.68 Å². The van der Waals surface area contributed by atoms with Gasteiger partial charge >= 0.3 is 0 Å². The predicted octanol–water partition coefficient (Wildman–Crippen LogP) is 3.28. The number of aromatic nitrogens is 4. The summed E-state index contributed by atoms with van der Waals surface area (Å²) in [5.41, 5.74) is 8.26. The molecule has 0 spiro atoms. The molecule has 106 valence electrons. The quantitative estimate of drug-likeness (QED) is 0.752. The maximum atomic E-state index is 6.23. The first-order valence-electron chi connectivity index (χ1n) is 6.21. The zero-order valence-corrected chi connectivity index (χ0v) is 12.4. The van der Waals surface area contributed by atoms with Gasteiger partial charge in [0, 0.05) is 11.3 Å². The lowest BCUT2D eigenvalue weighted by Gasteiger charge is -2.08. The van der Waals surface area contributed by atoms with Crippen LogP contribution in [-0.2, 0) is 6.54 Å². The van der Waals surface area contributed by atoms with Crippen molar-refractivity contribution >= 4 is 28.9 Å². The van der Waals surface area contributed by atoms with Crippen molar-refractivity contribution in [1.82, 2.24) is 20.2 Å². The lowest BCUT2D eigenvalue weighted by atomic mass is 10.1. The minimum absolute atomic E-state index is 0.427. The van der Waals surface area contributed by atoms with Crippen LogP contribution in [0.15, 0.2) is 42.5 Å². The molecule has 3 aromatic rings. The van der Waals surface area contributed by atoms with Crippen LogP contribution < -0.4 is 5.73 Å². The molecule has 0 atom stereocenters.